The van der Waals surface area contributed by atoms with Crippen LogP contribution in [0.3, 0.4) is 0 Å². The molecule has 0 atom stereocenters. The van der Waals surface area contributed by atoms with E-state index in [1.54, 1.807) is 0 Å². The summed E-state index contributed by atoms with van der Waals surface area (Å²) in [4.78, 5) is 10.9. The second-order valence-corrected chi connectivity index (χ2v) is 3.39. The molecule has 0 spiro atoms. The first-order valence-electron chi connectivity index (χ1n) is 4.90. The third-order valence-electron chi connectivity index (χ3n) is 1.61. The van der Waals surface area contributed by atoms with Gasteiger partial charge >= 0.3 is 5.97 Å². The van der Waals surface area contributed by atoms with Crippen molar-refractivity contribution in [1.29, 1.82) is 0 Å². The Morgan fingerprint density at radius 2 is 2.08 bits per heavy atom. The van der Waals surface area contributed by atoms with E-state index in [-0.39, 0.29) is 12.6 Å². The Bertz CT molecular complexity index is 132. The minimum absolute atomic E-state index is 0.0815. The first kappa shape index (κ1) is 12.4. The average Bonchev–Trinajstić information content (AvgIpc) is 2.08. The van der Waals surface area contributed by atoms with E-state index in [1.165, 1.54) is 0 Å². The van der Waals surface area contributed by atoms with Crippen LogP contribution in [0.25, 0.3) is 0 Å². The minimum Gasteiger partial charge on any atom is -0.464 e. The molecule has 0 aliphatic carbocycles. The summed E-state index contributed by atoms with van der Waals surface area (Å²) >= 11 is 0. The van der Waals surface area contributed by atoms with E-state index in [0.717, 1.165) is 12.8 Å². The van der Waals surface area contributed by atoms with Crippen molar-refractivity contribution in [3.8, 4) is 0 Å². The molecule has 78 valence electrons. The molecule has 3 nitrogen and oxygen atoms in total. The van der Waals surface area contributed by atoms with Crippen LogP contribution < -0.4 is 0 Å². The fourth-order valence-electron chi connectivity index (χ4n) is 0.905. The van der Waals surface area contributed by atoms with Gasteiger partial charge in [-0.05, 0) is 25.7 Å². The maximum atomic E-state index is 10.9. The molecule has 0 aromatic carbocycles. The number of carbonyl (C=O) groups is 1. The fourth-order valence-corrected chi connectivity index (χ4v) is 0.905. The van der Waals surface area contributed by atoms with Crippen molar-refractivity contribution >= 4 is 5.97 Å². The van der Waals surface area contributed by atoms with Crippen molar-refractivity contribution in [3.63, 3.8) is 0 Å². The van der Waals surface area contributed by atoms with Gasteiger partial charge in [0.1, 0.15) is 6.61 Å². The van der Waals surface area contributed by atoms with Gasteiger partial charge in [0.25, 0.3) is 0 Å². The third kappa shape index (κ3) is 9.34. The summed E-state index contributed by atoms with van der Waals surface area (Å²) in [6, 6.07) is 0. The van der Waals surface area contributed by atoms with E-state index < -0.39 is 0 Å². The van der Waals surface area contributed by atoms with Gasteiger partial charge in [0.2, 0.25) is 0 Å². The van der Waals surface area contributed by atoms with Gasteiger partial charge in [-0.15, -0.1) is 0 Å². The Kier molecular flexibility index (Phi) is 7.69. The summed E-state index contributed by atoms with van der Waals surface area (Å²) in [5, 5.41) is 0. The van der Waals surface area contributed by atoms with Crippen LogP contribution in [0, 0.1) is 5.92 Å². The highest BCUT2D eigenvalue weighted by Gasteiger charge is 2.01. The van der Waals surface area contributed by atoms with Crippen LogP contribution in [-0.2, 0) is 14.3 Å². The van der Waals surface area contributed by atoms with Crippen LogP contribution in [0.1, 0.15) is 33.6 Å². The van der Waals surface area contributed by atoms with E-state index in [1.807, 2.05) is 6.92 Å². The van der Waals surface area contributed by atoms with Crippen LogP contribution in [0.2, 0.25) is 0 Å². The highest BCUT2D eigenvalue weighted by atomic mass is 16.6. The van der Waals surface area contributed by atoms with Crippen LogP contribution in [0.5, 0.6) is 0 Å². The predicted octanol–water partition coefficient (Wildman–Crippen LogP) is 2.00. The molecule has 0 aliphatic rings. The van der Waals surface area contributed by atoms with Crippen molar-refractivity contribution in [2.24, 2.45) is 5.92 Å². The summed E-state index contributed by atoms with van der Waals surface area (Å²) in [6.45, 7) is 7.32. The van der Waals surface area contributed by atoms with E-state index in [2.05, 4.69) is 13.8 Å². The second kappa shape index (κ2) is 8.05. The van der Waals surface area contributed by atoms with Crippen LogP contribution in [0.15, 0.2) is 0 Å². The maximum Gasteiger partial charge on any atom is 0.332 e. The number of hydrogen-bond donors (Lipinski definition) is 0. The highest BCUT2D eigenvalue weighted by molar-refractivity contribution is 5.70. The lowest BCUT2D eigenvalue weighted by molar-refractivity contribution is -0.148. The van der Waals surface area contributed by atoms with Crippen molar-refractivity contribution < 1.29 is 14.3 Å². The van der Waals surface area contributed by atoms with Crippen molar-refractivity contribution in [2.75, 3.05) is 19.8 Å². The highest BCUT2D eigenvalue weighted by Crippen LogP contribution is 2.02. The largest absolute Gasteiger partial charge is 0.464 e. The summed E-state index contributed by atoms with van der Waals surface area (Å²) in [5.74, 6) is 0.413. The Morgan fingerprint density at radius 1 is 1.38 bits per heavy atom. The minimum atomic E-state index is -0.259. The van der Waals surface area contributed by atoms with Gasteiger partial charge in [0, 0.05) is 6.61 Å². The quantitative estimate of drug-likeness (QED) is 0.453. The predicted molar refractivity (Wildman–Crippen MR) is 51.5 cm³/mol. The fraction of sp³-hybridized carbons (Fsp3) is 0.900. The van der Waals surface area contributed by atoms with Gasteiger partial charge in [-0.3, -0.25) is 0 Å². The number of carbonyl (C=O) groups excluding carboxylic acids is 1. The molecule has 0 fully saturated rings. The second-order valence-electron chi connectivity index (χ2n) is 3.39. The molecule has 0 radical (unpaired) electrons. The number of rotatable bonds is 7. The SMILES string of the molecule is CCOCC(=O)OCCCC(C)C. The van der Waals surface area contributed by atoms with Crippen LogP contribution in [-0.4, -0.2) is 25.8 Å². The third-order valence-corrected chi connectivity index (χ3v) is 1.61. The molecule has 0 heterocycles. The molecule has 13 heavy (non-hydrogen) atoms. The first-order chi connectivity index (χ1) is 6.16. The van der Waals surface area contributed by atoms with Gasteiger partial charge in [0.05, 0.1) is 6.61 Å². The molecule has 0 saturated carbocycles. The van der Waals surface area contributed by atoms with E-state index >= 15 is 0 Å². The van der Waals surface area contributed by atoms with E-state index in [9.17, 15) is 4.79 Å². The van der Waals surface area contributed by atoms with Gasteiger partial charge in [-0.25, -0.2) is 4.79 Å². The monoisotopic (exact) mass is 188 g/mol. The van der Waals surface area contributed by atoms with E-state index in [4.69, 9.17) is 9.47 Å². The number of hydrogen-bond acceptors (Lipinski definition) is 3. The smallest absolute Gasteiger partial charge is 0.332 e. The summed E-state index contributed by atoms with van der Waals surface area (Å²) in [6.07, 6.45) is 2.04. The molecule has 0 rings (SSSR count). The zero-order chi connectivity index (χ0) is 10.1. The number of ether oxygens (including phenoxy) is 2. The molecular formula is C10H20O3. The lowest BCUT2D eigenvalue weighted by Crippen LogP contribution is -2.13. The van der Waals surface area contributed by atoms with Gasteiger partial charge < -0.3 is 9.47 Å². The molecule has 0 amide bonds. The normalized spacial score (nSPS) is 10.5. The standard InChI is InChI=1S/C10H20O3/c1-4-12-8-10(11)13-7-5-6-9(2)3/h9H,4-8H2,1-3H3. The van der Waals surface area contributed by atoms with Crippen LogP contribution in [0.4, 0.5) is 0 Å². The summed E-state index contributed by atoms with van der Waals surface area (Å²) < 4.78 is 9.83. The maximum absolute atomic E-state index is 10.9. The molecule has 0 bridgehead atoms. The Morgan fingerprint density at radius 3 is 2.62 bits per heavy atom. The Hall–Kier alpha value is -0.570. The Labute approximate surface area is 80.4 Å². The van der Waals surface area contributed by atoms with E-state index in [0.29, 0.717) is 19.1 Å². The topological polar surface area (TPSA) is 35.5 Å². The molecule has 0 aromatic rings. The molecule has 0 unspecified atom stereocenters. The zero-order valence-electron chi connectivity index (χ0n) is 8.84. The average molecular weight is 188 g/mol. The molecule has 0 aromatic heterocycles. The lowest BCUT2D eigenvalue weighted by atomic mass is 10.1. The first-order valence-corrected chi connectivity index (χ1v) is 4.90. The van der Waals surface area contributed by atoms with Gasteiger partial charge in [-0.1, -0.05) is 13.8 Å². The number of esters is 1. The molecular weight excluding hydrogens is 168 g/mol. The Balaban J connectivity index is 3.17. The van der Waals surface area contributed by atoms with Gasteiger partial charge in [-0.2, -0.15) is 0 Å². The van der Waals surface area contributed by atoms with Crippen molar-refractivity contribution in [3.05, 3.63) is 0 Å². The molecule has 0 N–H and O–H groups in total. The lowest BCUT2D eigenvalue weighted by Gasteiger charge is -2.06. The molecule has 3 heteroatoms. The van der Waals surface area contributed by atoms with Crippen LogP contribution >= 0.6 is 0 Å². The van der Waals surface area contributed by atoms with Crippen molar-refractivity contribution in [2.45, 2.75) is 33.6 Å². The van der Waals surface area contributed by atoms with Crippen molar-refractivity contribution in [1.82, 2.24) is 0 Å². The van der Waals surface area contributed by atoms with Gasteiger partial charge in [0.15, 0.2) is 0 Å². The summed E-state index contributed by atoms with van der Waals surface area (Å²) in [5.41, 5.74) is 0. The molecule has 0 aliphatic heterocycles. The zero-order valence-corrected chi connectivity index (χ0v) is 8.84. The summed E-state index contributed by atoms with van der Waals surface area (Å²) in [7, 11) is 0. The molecule has 0 saturated heterocycles.